The summed E-state index contributed by atoms with van der Waals surface area (Å²) in [5, 5.41) is 0.703. The molecular weight excluding hydrogens is 328 g/mol. The van der Waals surface area contributed by atoms with Gasteiger partial charge in [-0.2, -0.15) is 0 Å². The number of halogens is 2. The number of rotatable bonds is 4. The number of nitrogens with two attached hydrogens (primary N) is 1. The largest absolute Gasteiger partial charge is 0.271 e. The zero-order chi connectivity index (χ0) is 13.8. The molecule has 1 atom stereocenters. The lowest BCUT2D eigenvalue weighted by Crippen LogP contribution is -2.30. The van der Waals surface area contributed by atoms with Crippen LogP contribution in [0.15, 0.2) is 35.1 Å². The van der Waals surface area contributed by atoms with Crippen molar-refractivity contribution in [1.82, 2.24) is 15.4 Å². The van der Waals surface area contributed by atoms with Gasteiger partial charge in [0.2, 0.25) is 0 Å². The molecule has 0 saturated carbocycles. The average Bonchev–Trinajstić information content (AvgIpc) is 2.39. The molecule has 4 nitrogen and oxygen atoms in total. The van der Waals surface area contributed by atoms with Crippen LogP contribution in [0.25, 0.3) is 0 Å². The molecule has 0 spiro atoms. The Balaban J connectivity index is 2.21. The second-order valence-electron chi connectivity index (χ2n) is 4.24. The standard InChI is InChI=1S/C13H14BrClN4/c1-8-6-18-13(7-17-8)12(19-16)4-9-2-3-10(14)5-11(9)15/h2-3,5-7,12,19H,4,16H2,1H3. The summed E-state index contributed by atoms with van der Waals surface area (Å²) < 4.78 is 0.952. The number of benzene rings is 1. The molecule has 2 rings (SSSR count). The maximum atomic E-state index is 6.21. The summed E-state index contributed by atoms with van der Waals surface area (Å²) in [5.74, 6) is 5.60. The highest BCUT2D eigenvalue weighted by molar-refractivity contribution is 9.10. The van der Waals surface area contributed by atoms with Crippen molar-refractivity contribution in [3.05, 3.63) is 57.0 Å². The number of aromatic nitrogens is 2. The molecular formula is C13H14BrClN4. The van der Waals surface area contributed by atoms with Gasteiger partial charge in [0.15, 0.2) is 0 Å². The minimum Gasteiger partial charge on any atom is -0.271 e. The van der Waals surface area contributed by atoms with E-state index in [0.29, 0.717) is 11.4 Å². The summed E-state index contributed by atoms with van der Waals surface area (Å²) in [7, 11) is 0. The topological polar surface area (TPSA) is 63.8 Å². The summed E-state index contributed by atoms with van der Waals surface area (Å²) in [6.07, 6.45) is 4.11. The average molecular weight is 342 g/mol. The molecule has 0 aliphatic rings. The first-order valence-electron chi connectivity index (χ1n) is 5.78. The van der Waals surface area contributed by atoms with Gasteiger partial charge in [-0.3, -0.25) is 21.2 Å². The van der Waals surface area contributed by atoms with Crippen LogP contribution in [0.1, 0.15) is 23.0 Å². The van der Waals surface area contributed by atoms with Crippen LogP contribution >= 0.6 is 27.5 Å². The van der Waals surface area contributed by atoms with Crippen molar-refractivity contribution in [3.63, 3.8) is 0 Å². The third-order valence-electron chi connectivity index (χ3n) is 2.80. The van der Waals surface area contributed by atoms with Crippen molar-refractivity contribution in [2.75, 3.05) is 0 Å². The Labute approximate surface area is 125 Å². The van der Waals surface area contributed by atoms with Gasteiger partial charge >= 0.3 is 0 Å². The van der Waals surface area contributed by atoms with Crippen molar-refractivity contribution >= 4 is 27.5 Å². The van der Waals surface area contributed by atoms with Crippen LogP contribution in [0.3, 0.4) is 0 Å². The second kappa shape index (κ2) is 6.43. The Kier molecular flexibility index (Phi) is 4.87. The molecule has 0 fully saturated rings. The van der Waals surface area contributed by atoms with Crippen molar-refractivity contribution in [2.24, 2.45) is 5.84 Å². The number of aryl methyl sites for hydroxylation is 1. The van der Waals surface area contributed by atoms with E-state index in [9.17, 15) is 0 Å². The highest BCUT2D eigenvalue weighted by Gasteiger charge is 2.14. The number of nitrogens with zero attached hydrogens (tertiary/aromatic N) is 2. The van der Waals surface area contributed by atoms with Gasteiger partial charge in [0.05, 0.1) is 23.6 Å². The summed E-state index contributed by atoms with van der Waals surface area (Å²) in [6.45, 7) is 1.90. The Morgan fingerprint density at radius 2 is 2.16 bits per heavy atom. The highest BCUT2D eigenvalue weighted by Crippen LogP contribution is 2.25. The first-order valence-corrected chi connectivity index (χ1v) is 6.96. The molecule has 0 saturated heterocycles. The van der Waals surface area contributed by atoms with Crippen LogP contribution in [-0.2, 0) is 6.42 Å². The second-order valence-corrected chi connectivity index (χ2v) is 5.56. The first-order chi connectivity index (χ1) is 9.10. The zero-order valence-electron chi connectivity index (χ0n) is 10.4. The Morgan fingerprint density at radius 3 is 2.74 bits per heavy atom. The fourth-order valence-corrected chi connectivity index (χ4v) is 2.49. The van der Waals surface area contributed by atoms with Gasteiger partial charge in [0.1, 0.15) is 0 Å². The molecule has 1 aromatic heterocycles. The lowest BCUT2D eigenvalue weighted by atomic mass is 10.0. The number of nitrogens with one attached hydrogen (secondary N) is 1. The van der Waals surface area contributed by atoms with Crippen LogP contribution in [0.2, 0.25) is 5.02 Å². The van der Waals surface area contributed by atoms with Gasteiger partial charge in [-0.15, -0.1) is 0 Å². The third-order valence-corrected chi connectivity index (χ3v) is 3.64. The Bertz CT molecular complexity index is 559. The van der Waals surface area contributed by atoms with Gasteiger partial charge in [-0.1, -0.05) is 33.6 Å². The van der Waals surface area contributed by atoms with E-state index in [2.05, 4.69) is 31.3 Å². The smallest absolute Gasteiger partial charge is 0.0773 e. The molecule has 2 aromatic rings. The minimum atomic E-state index is -0.119. The number of hydrogen-bond acceptors (Lipinski definition) is 4. The lowest BCUT2D eigenvalue weighted by Gasteiger charge is -2.16. The molecule has 0 amide bonds. The molecule has 0 aliphatic carbocycles. The summed E-state index contributed by atoms with van der Waals surface area (Å²) in [5.41, 5.74) is 5.44. The summed E-state index contributed by atoms with van der Waals surface area (Å²) >= 11 is 9.59. The molecule has 1 unspecified atom stereocenters. The van der Waals surface area contributed by atoms with E-state index in [4.69, 9.17) is 17.4 Å². The van der Waals surface area contributed by atoms with E-state index in [1.54, 1.807) is 12.4 Å². The van der Waals surface area contributed by atoms with E-state index in [1.807, 2.05) is 25.1 Å². The first kappa shape index (κ1) is 14.4. The molecule has 0 aliphatic heterocycles. The van der Waals surface area contributed by atoms with E-state index < -0.39 is 0 Å². The summed E-state index contributed by atoms with van der Waals surface area (Å²) in [4.78, 5) is 8.56. The van der Waals surface area contributed by atoms with Gasteiger partial charge in [-0.25, -0.2) is 0 Å². The van der Waals surface area contributed by atoms with Crippen LogP contribution in [0, 0.1) is 6.92 Å². The molecule has 19 heavy (non-hydrogen) atoms. The molecule has 6 heteroatoms. The lowest BCUT2D eigenvalue weighted by molar-refractivity contribution is 0.536. The van der Waals surface area contributed by atoms with Crippen LogP contribution < -0.4 is 11.3 Å². The predicted octanol–water partition coefficient (Wildman–Crippen LogP) is 2.95. The van der Waals surface area contributed by atoms with Crippen LogP contribution in [-0.4, -0.2) is 9.97 Å². The molecule has 1 aromatic carbocycles. The van der Waals surface area contributed by atoms with Gasteiger partial charge < -0.3 is 0 Å². The van der Waals surface area contributed by atoms with E-state index in [1.165, 1.54) is 0 Å². The SMILES string of the molecule is Cc1cnc(C(Cc2ccc(Br)cc2Cl)NN)cn1. The molecule has 1 heterocycles. The Morgan fingerprint density at radius 1 is 1.37 bits per heavy atom. The third kappa shape index (κ3) is 3.73. The fraction of sp³-hybridized carbons (Fsp3) is 0.231. The molecule has 3 N–H and O–H groups in total. The van der Waals surface area contributed by atoms with Crippen molar-refractivity contribution in [1.29, 1.82) is 0 Å². The predicted molar refractivity (Wildman–Crippen MR) is 79.7 cm³/mol. The molecule has 0 bridgehead atoms. The van der Waals surface area contributed by atoms with E-state index in [-0.39, 0.29) is 6.04 Å². The van der Waals surface area contributed by atoms with Gasteiger partial charge in [0.25, 0.3) is 0 Å². The summed E-state index contributed by atoms with van der Waals surface area (Å²) in [6, 6.07) is 5.67. The number of hydrogen-bond donors (Lipinski definition) is 2. The van der Waals surface area contributed by atoms with E-state index >= 15 is 0 Å². The highest BCUT2D eigenvalue weighted by atomic mass is 79.9. The van der Waals surface area contributed by atoms with Crippen molar-refractivity contribution in [3.8, 4) is 0 Å². The normalized spacial score (nSPS) is 12.4. The van der Waals surface area contributed by atoms with Crippen molar-refractivity contribution < 1.29 is 0 Å². The van der Waals surface area contributed by atoms with Gasteiger partial charge in [0, 0.05) is 15.7 Å². The quantitative estimate of drug-likeness (QED) is 0.663. The monoisotopic (exact) mass is 340 g/mol. The van der Waals surface area contributed by atoms with Crippen molar-refractivity contribution in [2.45, 2.75) is 19.4 Å². The van der Waals surface area contributed by atoms with Crippen LogP contribution in [0.5, 0.6) is 0 Å². The Hall–Kier alpha value is -1.01. The zero-order valence-corrected chi connectivity index (χ0v) is 12.7. The number of hydrazine groups is 1. The maximum absolute atomic E-state index is 6.21. The van der Waals surface area contributed by atoms with Crippen LogP contribution in [0.4, 0.5) is 0 Å². The molecule has 0 radical (unpaired) electrons. The molecule has 100 valence electrons. The van der Waals surface area contributed by atoms with Gasteiger partial charge in [-0.05, 0) is 31.0 Å². The van der Waals surface area contributed by atoms with E-state index in [0.717, 1.165) is 21.4 Å². The fourth-order valence-electron chi connectivity index (χ4n) is 1.74. The maximum Gasteiger partial charge on any atom is 0.0773 e. The minimum absolute atomic E-state index is 0.119.